The van der Waals surface area contributed by atoms with Crippen molar-refractivity contribution in [1.82, 2.24) is 4.90 Å². The summed E-state index contributed by atoms with van der Waals surface area (Å²) in [7, 11) is 0. The highest BCUT2D eigenvalue weighted by Gasteiger charge is 2.33. The minimum atomic E-state index is -4.37. The predicted molar refractivity (Wildman–Crippen MR) is 69.5 cm³/mol. The summed E-state index contributed by atoms with van der Waals surface area (Å²) in [6.45, 7) is 0.361. The lowest BCUT2D eigenvalue weighted by molar-refractivity contribution is -0.140. The number of thiophene rings is 1. The van der Waals surface area contributed by atoms with Crippen molar-refractivity contribution in [2.75, 3.05) is 13.1 Å². The average Bonchev–Trinajstić information content (AvgIpc) is 2.77. The Kier molecular flexibility index (Phi) is 3.80. The maximum absolute atomic E-state index is 12.4. The summed E-state index contributed by atoms with van der Waals surface area (Å²) in [6.07, 6.45) is -4.37. The molecular formula is C13H12F3NOS. The largest absolute Gasteiger partial charge is 0.406 e. The number of hydrogen-bond acceptors (Lipinski definition) is 2. The van der Waals surface area contributed by atoms with Crippen molar-refractivity contribution in [3.05, 3.63) is 35.2 Å². The third-order valence-corrected chi connectivity index (χ3v) is 3.78. The SMILES string of the molecule is CCN(CC(F)(F)F)C(=O)c1cc2ccccc2s1. The Morgan fingerprint density at radius 2 is 2.00 bits per heavy atom. The second-order valence-corrected chi connectivity index (χ2v) is 5.17. The van der Waals surface area contributed by atoms with Crippen molar-refractivity contribution in [3.63, 3.8) is 0 Å². The Morgan fingerprint density at radius 1 is 1.32 bits per heavy atom. The van der Waals surface area contributed by atoms with E-state index in [4.69, 9.17) is 0 Å². The summed E-state index contributed by atoms with van der Waals surface area (Å²) in [5.74, 6) is -0.568. The van der Waals surface area contributed by atoms with Crippen molar-refractivity contribution in [2.45, 2.75) is 13.1 Å². The molecule has 0 saturated carbocycles. The highest BCUT2D eigenvalue weighted by Crippen LogP contribution is 2.27. The van der Waals surface area contributed by atoms with Crippen LogP contribution in [-0.4, -0.2) is 30.1 Å². The summed E-state index contributed by atoms with van der Waals surface area (Å²) in [6, 6.07) is 8.98. The number of amides is 1. The molecule has 0 unspecified atom stereocenters. The second kappa shape index (κ2) is 5.21. The lowest BCUT2D eigenvalue weighted by Gasteiger charge is -2.21. The summed E-state index contributed by atoms with van der Waals surface area (Å²) in [5.41, 5.74) is 0. The zero-order valence-electron chi connectivity index (χ0n) is 10.2. The van der Waals surface area contributed by atoms with Crippen LogP contribution in [0.2, 0.25) is 0 Å². The topological polar surface area (TPSA) is 20.3 Å². The van der Waals surface area contributed by atoms with Gasteiger partial charge in [-0.05, 0) is 24.4 Å². The molecule has 2 rings (SSSR count). The van der Waals surface area contributed by atoms with E-state index in [-0.39, 0.29) is 6.54 Å². The number of rotatable bonds is 3. The monoisotopic (exact) mass is 287 g/mol. The molecule has 6 heteroatoms. The first-order valence-electron chi connectivity index (χ1n) is 5.75. The van der Waals surface area contributed by atoms with Crippen LogP contribution in [0.4, 0.5) is 13.2 Å². The lowest BCUT2D eigenvalue weighted by Crippen LogP contribution is -2.38. The highest BCUT2D eigenvalue weighted by molar-refractivity contribution is 7.20. The second-order valence-electron chi connectivity index (χ2n) is 4.08. The van der Waals surface area contributed by atoms with Gasteiger partial charge < -0.3 is 4.90 Å². The van der Waals surface area contributed by atoms with Crippen molar-refractivity contribution in [2.24, 2.45) is 0 Å². The summed E-state index contributed by atoms with van der Waals surface area (Å²) in [5, 5.41) is 0.874. The standard InChI is InChI=1S/C13H12F3NOS/c1-2-17(8-13(14,15)16)12(18)11-7-9-5-3-4-6-10(9)19-11/h3-7H,2,8H2,1H3. The molecule has 0 saturated heterocycles. The molecule has 0 radical (unpaired) electrons. The van der Waals surface area contributed by atoms with Crippen molar-refractivity contribution >= 4 is 27.3 Å². The van der Waals surface area contributed by atoms with Crippen LogP contribution in [-0.2, 0) is 0 Å². The molecule has 0 spiro atoms. The average molecular weight is 287 g/mol. The fraction of sp³-hybridized carbons (Fsp3) is 0.308. The normalized spacial score (nSPS) is 11.8. The van der Waals surface area contributed by atoms with Gasteiger partial charge in [0.1, 0.15) is 6.54 Å². The fourth-order valence-corrected chi connectivity index (χ4v) is 2.82. The first-order valence-corrected chi connectivity index (χ1v) is 6.57. The molecule has 1 heterocycles. The fourth-order valence-electron chi connectivity index (χ4n) is 1.79. The van der Waals surface area contributed by atoms with Gasteiger partial charge in [-0.25, -0.2) is 0 Å². The molecule has 1 amide bonds. The number of carbonyl (C=O) groups is 1. The molecule has 2 aromatic rings. The Morgan fingerprint density at radius 3 is 2.58 bits per heavy atom. The number of carbonyl (C=O) groups excluding carboxylic acids is 1. The van der Waals surface area contributed by atoms with Crippen LogP contribution in [0.1, 0.15) is 16.6 Å². The predicted octanol–water partition coefficient (Wildman–Crippen LogP) is 3.93. The molecule has 0 aliphatic heterocycles. The van der Waals surface area contributed by atoms with Gasteiger partial charge in [0.2, 0.25) is 0 Å². The number of nitrogens with zero attached hydrogens (tertiary/aromatic N) is 1. The van der Waals surface area contributed by atoms with Crippen LogP contribution in [0, 0.1) is 0 Å². The molecule has 102 valence electrons. The zero-order valence-corrected chi connectivity index (χ0v) is 11.0. The van der Waals surface area contributed by atoms with E-state index in [0.717, 1.165) is 15.0 Å². The number of benzene rings is 1. The van der Waals surface area contributed by atoms with Crippen LogP contribution < -0.4 is 0 Å². The number of hydrogen-bond donors (Lipinski definition) is 0. The Bertz CT molecular complexity index is 558. The molecule has 0 aliphatic carbocycles. The molecule has 0 bridgehead atoms. The minimum absolute atomic E-state index is 0.0343. The highest BCUT2D eigenvalue weighted by atomic mass is 32.1. The Labute approximate surface area is 112 Å². The van der Waals surface area contributed by atoms with Gasteiger partial charge in [-0.2, -0.15) is 13.2 Å². The van der Waals surface area contributed by atoms with Gasteiger partial charge >= 0.3 is 6.18 Å². The minimum Gasteiger partial charge on any atom is -0.329 e. The van der Waals surface area contributed by atoms with Crippen LogP contribution in [0.25, 0.3) is 10.1 Å². The van der Waals surface area contributed by atoms with Gasteiger partial charge in [-0.3, -0.25) is 4.79 Å². The summed E-state index contributed by atoms with van der Waals surface area (Å²) in [4.78, 5) is 13.2. The molecule has 19 heavy (non-hydrogen) atoms. The first kappa shape index (κ1) is 13.9. The van der Waals surface area contributed by atoms with E-state index < -0.39 is 18.6 Å². The van der Waals surface area contributed by atoms with E-state index in [1.165, 1.54) is 18.3 Å². The zero-order chi connectivity index (χ0) is 14.0. The van der Waals surface area contributed by atoms with E-state index in [1.807, 2.05) is 24.3 Å². The van der Waals surface area contributed by atoms with Crippen LogP contribution >= 0.6 is 11.3 Å². The van der Waals surface area contributed by atoms with Gasteiger partial charge in [0.25, 0.3) is 5.91 Å². The molecule has 0 aliphatic rings. The number of fused-ring (bicyclic) bond motifs is 1. The van der Waals surface area contributed by atoms with Gasteiger partial charge in [0, 0.05) is 11.2 Å². The quantitative estimate of drug-likeness (QED) is 0.837. The number of alkyl halides is 3. The van der Waals surface area contributed by atoms with Crippen molar-refractivity contribution < 1.29 is 18.0 Å². The molecule has 2 nitrogen and oxygen atoms in total. The van der Waals surface area contributed by atoms with Crippen molar-refractivity contribution in [1.29, 1.82) is 0 Å². The van der Waals surface area contributed by atoms with Gasteiger partial charge in [0.05, 0.1) is 4.88 Å². The van der Waals surface area contributed by atoms with E-state index in [1.54, 1.807) is 6.07 Å². The van der Waals surface area contributed by atoms with E-state index in [9.17, 15) is 18.0 Å². The van der Waals surface area contributed by atoms with E-state index in [0.29, 0.717) is 4.88 Å². The van der Waals surface area contributed by atoms with Gasteiger partial charge in [-0.15, -0.1) is 11.3 Å². The third kappa shape index (κ3) is 3.26. The van der Waals surface area contributed by atoms with Gasteiger partial charge in [-0.1, -0.05) is 18.2 Å². The van der Waals surface area contributed by atoms with E-state index in [2.05, 4.69) is 0 Å². The molecule has 0 atom stereocenters. The summed E-state index contributed by atoms with van der Waals surface area (Å²) >= 11 is 1.22. The van der Waals surface area contributed by atoms with Crippen LogP contribution in [0.5, 0.6) is 0 Å². The van der Waals surface area contributed by atoms with Crippen molar-refractivity contribution in [3.8, 4) is 0 Å². The number of halogens is 3. The molecular weight excluding hydrogens is 275 g/mol. The maximum Gasteiger partial charge on any atom is 0.406 e. The summed E-state index contributed by atoms with van der Waals surface area (Å²) < 4.78 is 38.0. The smallest absolute Gasteiger partial charge is 0.329 e. The molecule has 1 aromatic carbocycles. The van der Waals surface area contributed by atoms with Crippen LogP contribution in [0.3, 0.4) is 0 Å². The Balaban J connectivity index is 2.26. The van der Waals surface area contributed by atoms with E-state index >= 15 is 0 Å². The molecule has 0 N–H and O–H groups in total. The molecule has 1 aromatic heterocycles. The van der Waals surface area contributed by atoms with Crippen LogP contribution in [0.15, 0.2) is 30.3 Å². The maximum atomic E-state index is 12.4. The van der Waals surface area contributed by atoms with Gasteiger partial charge in [0.15, 0.2) is 0 Å². The Hall–Kier alpha value is -1.56. The lowest BCUT2D eigenvalue weighted by atomic mass is 10.2. The first-order chi connectivity index (χ1) is 8.90. The third-order valence-electron chi connectivity index (χ3n) is 2.68. The molecule has 0 fully saturated rings.